The van der Waals surface area contributed by atoms with Gasteiger partial charge in [-0.2, -0.15) is 0 Å². The molecular weight excluding hydrogens is 783 g/mol. The number of aromatic amines is 1. The molecule has 2 aromatic rings. The zero-order chi connectivity index (χ0) is 41.3. The topological polar surface area (TPSA) is 184 Å². The van der Waals surface area contributed by atoms with Crippen LogP contribution in [0.25, 0.3) is 0 Å². The molecular formula is C47H63N3O7S2. The number of H-pyrrole nitrogens is 1. The fourth-order valence-electron chi connectivity index (χ4n) is 11.3. The number of phenolic OH excluding ortho intramolecular Hbond substituents is 1. The van der Waals surface area contributed by atoms with Crippen LogP contribution in [-0.2, 0) is 12.8 Å². The molecule has 10 N–H and O–H groups in total. The monoisotopic (exact) mass is 845 g/mol. The number of aliphatic hydroxyl groups excluding tert-OH is 5. The van der Waals surface area contributed by atoms with Gasteiger partial charge in [-0.25, -0.2) is 0 Å². The molecule has 59 heavy (non-hydrogen) atoms. The van der Waals surface area contributed by atoms with Crippen molar-refractivity contribution in [3.8, 4) is 23.3 Å². The van der Waals surface area contributed by atoms with E-state index in [-0.39, 0.29) is 59.7 Å². The van der Waals surface area contributed by atoms with Gasteiger partial charge in [0.05, 0.1) is 18.3 Å². The number of rotatable bonds is 8. The third-order valence-electron chi connectivity index (χ3n) is 14.7. The number of benzene rings is 1. The van der Waals surface area contributed by atoms with Crippen molar-refractivity contribution in [2.45, 2.75) is 108 Å². The molecule has 4 aliphatic carbocycles. The number of aromatic hydroxyl groups is 1. The smallest absolute Gasteiger partial charge is 0.161 e. The van der Waals surface area contributed by atoms with Crippen molar-refractivity contribution >= 4 is 21.6 Å². The average molecular weight is 846 g/mol. The van der Waals surface area contributed by atoms with Gasteiger partial charge in [-0.15, -0.1) is 0 Å². The van der Waals surface area contributed by atoms with E-state index in [4.69, 9.17) is 10.5 Å². The Morgan fingerprint density at radius 1 is 1.05 bits per heavy atom. The van der Waals surface area contributed by atoms with Crippen LogP contribution in [-0.4, -0.2) is 91.3 Å². The normalized spacial score (nSPS) is 36.1. The second-order valence-electron chi connectivity index (χ2n) is 18.1. The van der Waals surface area contributed by atoms with Crippen molar-refractivity contribution < 1.29 is 35.4 Å². The minimum Gasteiger partial charge on any atom is -0.504 e. The Hall–Kier alpha value is -3.02. The highest BCUT2D eigenvalue weighted by Crippen LogP contribution is 2.52. The first kappa shape index (κ1) is 42.7. The fraction of sp³-hybridized carbons (Fsp3) is 0.617. The van der Waals surface area contributed by atoms with Gasteiger partial charge in [-0.05, 0) is 123 Å². The minimum absolute atomic E-state index is 0.000308. The standard InChI is InChI=1S/C47H63N3O7S2/c1-2-27-17-30-20-39(53)41(23-36(30)37-22-40(54)43-29(19-35(27)37)8-12-47(13-16-51)10-3-5-28(7-11-47)45(43)56)57-42-21-31(18-33-6-4-14-49-33)34-9-15-50-46(48)38(34)26-59-58-25-32(24-52)44(42)55/h4,6,9,14,19-20,23,27-29,31-32,37,40,42-45,49-56H,2-3,5,7,10-11,13,15-18,21-22,24-26,48H2,1H3/t27-,28-,29+,31-,32+,37-,40-,42+,43-,44+,45+,47-/m1/s1. The second-order valence-corrected chi connectivity index (χ2v) is 20.6. The van der Waals surface area contributed by atoms with Gasteiger partial charge in [0.1, 0.15) is 11.9 Å². The molecule has 8 rings (SSSR count). The van der Waals surface area contributed by atoms with Crippen molar-refractivity contribution in [2.75, 3.05) is 31.3 Å². The maximum atomic E-state index is 12.2. The Balaban J connectivity index is 1.17. The first-order valence-corrected chi connectivity index (χ1v) is 24.4. The maximum Gasteiger partial charge on any atom is 0.161 e. The Morgan fingerprint density at radius 3 is 2.69 bits per heavy atom. The van der Waals surface area contributed by atoms with Crippen molar-refractivity contribution in [2.24, 2.45) is 46.7 Å². The molecule has 0 radical (unpaired) electrons. The summed E-state index contributed by atoms with van der Waals surface area (Å²) in [5, 5.41) is 72.2. The largest absolute Gasteiger partial charge is 0.504 e. The van der Waals surface area contributed by atoms with Crippen LogP contribution in [0.3, 0.4) is 0 Å². The lowest BCUT2D eigenvalue weighted by atomic mass is 9.70. The number of aromatic nitrogens is 1. The summed E-state index contributed by atoms with van der Waals surface area (Å²) in [6, 6.07) is 7.77. The van der Waals surface area contributed by atoms with Crippen molar-refractivity contribution in [1.82, 2.24) is 10.3 Å². The molecule has 6 aliphatic rings. The van der Waals surface area contributed by atoms with Gasteiger partial charge in [0.25, 0.3) is 0 Å². The van der Waals surface area contributed by atoms with E-state index in [1.54, 1.807) is 21.6 Å². The zero-order valence-electron chi connectivity index (χ0n) is 34.2. The van der Waals surface area contributed by atoms with E-state index in [1.807, 2.05) is 24.4 Å². The number of hydrogen-bond acceptors (Lipinski definition) is 11. The van der Waals surface area contributed by atoms with E-state index in [0.717, 1.165) is 66.5 Å². The molecule has 10 nitrogen and oxygen atoms in total. The fourth-order valence-corrected chi connectivity index (χ4v) is 13.8. The van der Waals surface area contributed by atoms with Gasteiger partial charge in [-0.1, -0.05) is 64.5 Å². The van der Waals surface area contributed by atoms with Crippen LogP contribution in [0.1, 0.15) is 87.4 Å². The second kappa shape index (κ2) is 18.5. The quantitative estimate of drug-likeness (QED) is 0.0903. The summed E-state index contributed by atoms with van der Waals surface area (Å²) in [6.07, 6.45) is 11.2. The van der Waals surface area contributed by atoms with Gasteiger partial charge in [0, 0.05) is 77.8 Å². The SMILES string of the molecule is CC[C@@H]1Cc2cc(O)c(O[C@H]3C[C@@H](Cc4ccc[nH]4)C4=CCNC(N)=C4CSSC[C@H](CO)[C@@H]3O)cc2[C@@H]2C[C@@H](O)[C@@H]3[C@@H](O)[C@@H]4CCC[C@](CCO)(C#C[C@H]3C=C12)CC4. The Morgan fingerprint density at radius 2 is 1.92 bits per heavy atom. The number of aliphatic hydroxyl groups is 5. The van der Waals surface area contributed by atoms with Gasteiger partial charge in [-0.3, -0.25) is 0 Å². The van der Waals surface area contributed by atoms with Gasteiger partial charge in [0.15, 0.2) is 11.5 Å². The first-order valence-electron chi connectivity index (χ1n) is 21.9. The molecule has 1 aromatic carbocycles. The molecule has 1 saturated heterocycles. The highest BCUT2D eigenvalue weighted by molar-refractivity contribution is 8.76. The number of nitrogens with two attached hydrogens (primary N) is 1. The molecule has 1 aromatic heterocycles. The number of allylic oxidation sites excluding steroid dienone is 3. The van der Waals surface area contributed by atoms with E-state index in [0.29, 0.717) is 56.0 Å². The number of ether oxygens (including phenoxy) is 1. The lowest BCUT2D eigenvalue weighted by molar-refractivity contribution is -0.0346. The number of phenols is 1. The zero-order valence-corrected chi connectivity index (χ0v) is 35.8. The molecule has 2 bridgehead atoms. The molecule has 2 fully saturated rings. The van der Waals surface area contributed by atoms with Gasteiger partial charge >= 0.3 is 0 Å². The van der Waals surface area contributed by atoms with Crippen LogP contribution in [0, 0.1) is 52.8 Å². The van der Waals surface area contributed by atoms with E-state index in [1.165, 1.54) is 5.57 Å². The van der Waals surface area contributed by atoms with E-state index < -0.39 is 36.3 Å². The molecule has 2 aliphatic heterocycles. The van der Waals surface area contributed by atoms with Crippen LogP contribution >= 0.6 is 21.6 Å². The molecule has 12 heteroatoms. The summed E-state index contributed by atoms with van der Waals surface area (Å²) < 4.78 is 6.86. The predicted octanol–water partition coefficient (Wildman–Crippen LogP) is 5.70. The van der Waals surface area contributed by atoms with Crippen LogP contribution in [0.5, 0.6) is 11.5 Å². The molecule has 1 saturated carbocycles. The summed E-state index contributed by atoms with van der Waals surface area (Å²) in [7, 11) is 3.26. The predicted molar refractivity (Wildman–Crippen MR) is 234 cm³/mol. The Bertz CT molecular complexity index is 1960. The van der Waals surface area contributed by atoms with Gasteiger partial charge < -0.3 is 51.4 Å². The third kappa shape index (κ3) is 8.86. The molecule has 0 unspecified atom stereocenters. The minimum atomic E-state index is -1.03. The van der Waals surface area contributed by atoms with E-state index >= 15 is 0 Å². The summed E-state index contributed by atoms with van der Waals surface area (Å²) in [4.78, 5) is 3.36. The maximum absolute atomic E-state index is 12.2. The van der Waals surface area contributed by atoms with Crippen molar-refractivity contribution in [3.63, 3.8) is 0 Å². The van der Waals surface area contributed by atoms with E-state index in [9.17, 15) is 30.6 Å². The molecule has 0 amide bonds. The summed E-state index contributed by atoms with van der Waals surface area (Å²) in [5.41, 5.74) is 12.7. The van der Waals surface area contributed by atoms with Crippen LogP contribution < -0.4 is 15.8 Å². The van der Waals surface area contributed by atoms with Crippen LogP contribution in [0.15, 0.2) is 65.2 Å². The molecule has 0 spiro atoms. The molecule has 320 valence electrons. The van der Waals surface area contributed by atoms with Crippen molar-refractivity contribution in [3.05, 3.63) is 82.0 Å². The Kier molecular flexibility index (Phi) is 13.4. The number of dihydropyridines is 1. The van der Waals surface area contributed by atoms with E-state index in [2.05, 4.69) is 47.3 Å². The van der Waals surface area contributed by atoms with Crippen LogP contribution in [0.2, 0.25) is 0 Å². The number of fused-ring (bicyclic) bond motifs is 8. The van der Waals surface area contributed by atoms with Gasteiger partial charge in [0.2, 0.25) is 0 Å². The third-order valence-corrected chi connectivity index (χ3v) is 17.1. The number of nitrogens with one attached hydrogen (secondary N) is 2. The number of hydrogen-bond donors (Lipinski definition) is 9. The van der Waals surface area contributed by atoms with Crippen LogP contribution in [0.4, 0.5) is 0 Å². The molecule has 12 atom stereocenters. The first-order chi connectivity index (χ1) is 28.6. The molecule has 3 heterocycles. The summed E-state index contributed by atoms with van der Waals surface area (Å²) in [6.45, 7) is 2.65. The highest BCUT2D eigenvalue weighted by atomic mass is 33.1. The summed E-state index contributed by atoms with van der Waals surface area (Å²) >= 11 is 0. The Labute approximate surface area is 357 Å². The lowest BCUT2D eigenvalue weighted by Gasteiger charge is -2.37. The van der Waals surface area contributed by atoms with Crippen molar-refractivity contribution in [1.29, 1.82) is 0 Å². The average Bonchev–Trinajstić information content (AvgIpc) is 3.59. The lowest BCUT2D eigenvalue weighted by Crippen LogP contribution is -2.42. The summed E-state index contributed by atoms with van der Waals surface area (Å²) in [5.74, 6) is 8.10. The highest BCUT2D eigenvalue weighted by Gasteiger charge is 2.46.